The van der Waals surface area contributed by atoms with Gasteiger partial charge in [-0.05, 0) is 47.6 Å². The van der Waals surface area contributed by atoms with Crippen molar-refractivity contribution in [3.63, 3.8) is 0 Å². The predicted octanol–water partition coefficient (Wildman–Crippen LogP) is 3.31. The number of aromatic nitrogens is 2. The molecule has 0 radical (unpaired) electrons. The van der Waals surface area contributed by atoms with Crippen LogP contribution in [0.4, 0.5) is 11.8 Å². The van der Waals surface area contributed by atoms with Crippen LogP contribution in [-0.2, 0) is 16.0 Å². The second-order valence-electron chi connectivity index (χ2n) is 10.5. The fourth-order valence-electron chi connectivity index (χ4n) is 5.16. The summed E-state index contributed by atoms with van der Waals surface area (Å²) in [6, 6.07) is 0.495. The number of carbonyl (C=O) groups excluding carboxylic acids is 1. The standard InChI is InChI=1S/C26H37N5O6S/c1-11(2)15-9-18(23(34)29-21(25(36)37)13(4)8-19(32)33)38-17(15)7-12(3)16-10-28-22-20(14(16)5)24(35)31-26(27-6)30-22/h9,11-14,16,21H,7-8,10H2,1-6H3,(H,29,34)(H,32,33)(H,36,37)(H3,27,28,30,31,35)/t12-,13?,14?,16-,21-/m0/s1. The van der Waals surface area contributed by atoms with Gasteiger partial charge in [-0.15, -0.1) is 11.3 Å². The maximum Gasteiger partial charge on any atom is 0.326 e. The molecule has 0 saturated heterocycles. The monoisotopic (exact) mass is 547 g/mol. The second-order valence-corrected chi connectivity index (χ2v) is 11.6. The van der Waals surface area contributed by atoms with Crippen LogP contribution >= 0.6 is 11.3 Å². The number of amides is 1. The number of H-pyrrole nitrogens is 1. The summed E-state index contributed by atoms with van der Waals surface area (Å²) >= 11 is 1.33. The molecule has 0 aliphatic carbocycles. The van der Waals surface area contributed by atoms with Gasteiger partial charge < -0.3 is 26.2 Å². The Bertz CT molecular complexity index is 1260. The zero-order chi connectivity index (χ0) is 28.3. The first kappa shape index (κ1) is 29.2. The molecule has 2 aromatic rings. The van der Waals surface area contributed by atoms with Gasteiger partial charge in [0.15, 0.2) is 0 Å². The van der Waals surface area contributed by atoms with Gasteiger partial charge in [-0.3, -0.25) is 19.4 Å². The summed E-state index contributed by atoms with van der Waals surface area (Å²) in [7, 11) is 1.70. The van der Waals surface area contributed by atoms with Gasteiger partial charge in [-0.25, -0.2) is 4.79 Å². The minimum atomic E-state index is -1.31. The molecule has 1 aliphatic heterocycles. The molecule has 0 spiro atoms. The number of thiophene rings is 1. The molecular formula is C26H37N5O6S. The lowest BCUT2D eigenvalue weighted by atomic mass is 9.76. The van der Waals surface area contributed by atoms with Crippen LogP contribution in [0.1, 0.15) is 78.6 Å². The Labute approximate surface area is 225 Å². The lowest BCUT2D eigenvalue weighted by Crippen LogP contribution is -2.45. The number of hydrogen-bond acceptors (Lipinski definition) is 8. The molecule has 208 valence electrons. The number of carbonyl (C=O) groups is 3. The molecule has 5 atom stereocenters. The summed E-state index contributed by atoms with van der Waals surface area (Å²) in [5.41, 5.74) is 1.49. The topological polar surface area (TPSA) is 174 Å². The average Bonchev–Trinajstić information content (AvgIpc) is 3.25. The Kier molecular flexibility index (Phi) is 9.18. The van der Waals surface area contributed by atoms with E-state index in [1.807, 2.05) is 20.8 Å². The number of anilines is 2. The number of fused-ring (bicyclic) bond motifs is 1. The number of aromatic amines is 1. The summed E-state index contributed by atoms with van der Waals surface area (Å²) in [6.07, 6.45) is 0.322. The van der Waals surface area contributed by atoms with E-state index in [1.165, 1.54) is 18.3 Å². The molecular weight excluding hydrogens is 510 g/mol. The van der Waals surface area contributed by atoms with Crippen molar-refractivity contribution in [1.29, 1.82) is 0 Å². The van der Waals surface area contributed by atoms with Gasteiger partial charge in [0.1, 0.15) is 11.9 Å². The SMILES string of the molecule is CNc1nc2c(c(=O)[nH]1)C(C)[C@H]([C@@H](C)Cc1sc(C(=O)N[C@H](C(=O)O)C(C)CC(=O)O)cc1C(C)C)CN2. The van der Waals surface area contributed by atoms with Crippen LogP contribution in [-0.4, -0.2) is 57.7 Å². The Morgan fingerprint density at radius 3 is 2.47 bits per heavy atom. The Morgan fingerprint density at radius 1 is 1.21 bits per heavy atom. The van der Waals surface area contributed by atoms with E-state index in [4.69, 9.17) is 5.11 Å². The Balaban J connectivity index is 1.81. The quantitative estimate of drug-likeness (QED) is 0.247. The van der Waals surface area contributed by atoms with Crippen molar-refractivity contribution >= 4 is 40.9 Å². The van der Waals surface area contributed by atoms with Crippen molar-refractivity contribution in [2.75, 3.05) is 24.2 Å². The highest BCUT2D eigenvalue weighted by Gasteiger charge is 2.34. The van der Waals surface area contributed by atoms with Crippen LogP contribution in [0.5, 0.6) is 0 Å². The summed E-state index contributed by atoms with van der Waals surface area (Å²) in [5, 5.41) is 27.3. The number of rotatable bonds is 11. The molecule has 2 aromatic heterocycles. The van der Waals surface area contributed by atoms with Crippen molar-refractivity contribution in [2.24, 2.45) is 17.8 Å². The van der Waals surface area contributed by atoms with E-state index in [1.54, 1.807) is 13.1 Å². The highest BCUT2D eigenvalue weighted by molar-refractivity contribution is 7.14. The molecule has 12 heteroatoms. The Hall–Kier alpha value is -3.41. The molecule has 0 saturated carbocycles. The predicted molar refractivity (Wildman–Crippen MR) is 146 cm³/mol. The van der Waals surface area contributed by atoms with Gasteiger partial charge in [0.25, 0.3) is 11.5 Å². The van der Waals surface area contributed by atoms with Gasteiger partial charge in [-0.2, -0.15) is 4.98 Å². The third-order valence-electron chi connectivity index (χ3n) is 7.34. The highest BCUT2D eigenvalue weighted by atomic mass is 32.1. The van der Waals surface area contributed by atoms with Crippen molar-refractivity contribution < 1.29 is 24.6 Å². The Morgan fingerprint density at radius 2 is 1.89 bits per heavy atom. The molecule has 1 aliphatic rings. The van der Waals surface area contributed by atoms with Gasteiger partial charge in [0.2, 0.25) is 5.95 Å². The number of carboxylic acids is 2. The third-order valence-corrected chi connectivity index (χ3v) is 8.51. The lowest BCUT2D eigenvalue weighted by molar-refractivity contribution is -0.142. The van der Waals surface area contributed by atoms with E-state index in [0.29, 0.717) is 35.2 Å². The van der Waals surface area contributed by atoms with Crippen LogP contribution in [0.3, 0.4) is 0 Å². The minimum absolute atomic E-state index is 0.0271. The first-order valence-corrected chi connectivity index (χ1v) is 13.6. The zero-order valence-corrected chi connectivity index (χ0v) is 23.4. The second kappa shape index (κ2) is 12.0. The molecule has 38 heavy (non-hydrogen) atoms. The minimum Gasteiger partial charge on any atom is -0.481 e. The maximum atomic E-state index is 13.0. The van der Waals surface area contributed by atoms with E-state index < -0.39 is 29.8 Å². The van der Waals surface area contributed by atoms with Crippen LogP contribution in [0.2, 0.25) is 0 Å². The highest BCUT2D eigenvalue weighted by Crippen LogP contribution is 2.39. The largest absolute Gasteiger partial charge is 0.481 e. The summed E-state index contributed by atoms with van der Waals surface area (Å²) in [6.45, 7) is 10.4. The van der Waals surface area contributed by atoms with Crippen molar-refractivity contribution in [3.05, 3.63) is 37.3 Å². The average molecular weight is 548 g/mol. The molecule has 2 unspecified atom stereocenters. The smallest absolute Gasteiger partial charge is 0.326 e. The summed E-state index contributed by atoms with van der Waals surface area (Å²) < 4.78 is 0. The summed E-state index contributed by atoms with van der Waals surface area (Å²) in [4.78, 5) is 57.2. The number of hydrogen-bond donors (Lipinski definition) is 6. The van der Waals surface area contributed by atoms with Crippen molar-refractivity contribution in [1.82, 2.24) is 15.3 Å². The summed E-state index contributed by atoms with van der Waals surface area (Å²) in [5.74, 6) is -2.25. The van der Waals surface area contributed by atoms with E-state index in [0.717, 1.165) is 10.4 Å². The maximum absolute atomic E-state index is 13.0. The lowest BCUT2D eigenvalue weighted by Gasteiger charge is -2.35. The van der Waals surface area contributed by atoms with Crippen LogP contribution < -0.4 is 21.5 Å². The third kappa shape index (κ3) is 6.35. The normalized spacial score (nSPS) is 19.1. The van der Waals surface area contributed by atoms with Crippen molar-refractivity contribution in [3.8, 4) is 0 Å². The van der Waals surface area contributed by atoms with Gasteiger partial charge >= 0.3 is 11.9 Å². The van der Waals surface area contributed by atoms with E-state index in [9.17, 15) is 24.3 Å². The first-order chi connectivity index (χ1) is 17.8. The van der Waals surface area contributed by atoms with Crippen LogP contribution in [0, 0.1) is 17.8 Å². The van der Waals surface area contributed by atoms with E-state index >= 15 is 0 Å². The molecule has 0 bridgehead atoms. The number of carboxylic acid groups (broad SMARTS) is 2. The van der Waals surface area contributed by atoms with Gasteiger partial charge in [0.05, 0.1) is 16.9 Å². The molecule has 3 heterocycles. The molecule has 6 N–H and O–H groups in total. The zero-order valence-electron chi connectivity index (χ0n) is 22.5. The number of nitrogens with one attached hydrogen (secondary N) is 4. The molecule has 11 nitrogen and oxygen atoms in total. The fourth-order valence-corrected chi connectivity index (χ4v) is 6.52. The van der Waals surface area contributed by atoms with Crippen LogP contribution in [0.15, 0.2) is 10.9 Å². The van der Waals surface area contributed by atoms with E-state index in [-0.39, 0.29) is 35.7 Å². The molecule has 0 aromatic carbocycles. The van der Waals surface area contributed by atoms with Crippen LogP contribution in [0.25, 0.3) is 0 Å². The van der Waals surface area contributed by atoms with Gasteiger partial charge in [-0.1, -0.05) is 34.6 Å². The fraction of sp³-hybridized carbons (Fsp3) is 0.577. The number of aliphatic carboxylic acids is 2. The van der Waals surface area contributed by atoms with Crippen molar-refractivity contribution in [2.45, 2.75) is 65.3 Å². The molecule has 0 fully saturated rings. The first-order valence-electron chi connectivity index (χ1n) is 12.8. The molecule has 3 rings (SSSR count). The number of nitrogens with zero attached hydrogens (tertiary/aromatic N) is 1. The molecule has 1 amide bonds. The van der Waals surface area contributed by atoms with E-state index in [2.05, 4.69) is 32.8 Å². The van der Waals surface area contributed by atoms with Gasteiger partial charge in [0, 0.05) is 18.5 Å².